The van der Waals surface area contributed by atoms with Crippen LogP contribution in [0.15, 0.2) is 12.1 Å². The van der Waals surface area contributed by atoms with Gasteiger partial charge in [-0.05, 0) is 50.6 Å². The summed E-state index contributed by atoms with van der Waals surface area (Å²) in [4.78, 5) is 2.40. The number of hydrogen-bond donors (Lipinski definition) is 1. The topological polar surface area (TPSA) is 32.7 Å². The van der Waals surface area contributed by atoms with Gasteiger partial charge in [0.2, 0.25) is 0 Å². The van der Waals surface area contributed by atoms with Crippen LogP contribution < -0.4 is 4.74 Å². The Kier molecular flexibility index (Phi) is 3.67. The van der Waals surface area contributed by atoms with Crippen LogP contribution in [0.5, 0.6) is 11.5 Å². The van der Waals surface area contributed by atoms with Crippen molar-refractivity contribution in [3.8, 4) is 11.5 Å². The summed E-state index contributed by atoms with van der Waals surface area (Å²) in [5.74, 6) is 0.945. The SMILES string of the molecule is Cc1[c]cc(O)cc1OCCN1CCCC1. The third-order valence-electron chi connectivity index (χ3n) is 2.95. The monoisotopic (exact) mass is 220 g/mol. The molecule has 1 aromatic rings. The number of hydrogen-bond acceptors (Lipinski definition) is 3. The Hall–Kier alpha value is -1.22. The van der Waals surface area contributed by atoms with Gasteiger partial charge in [0.05, 0.1) is 0 Å². The number of nitrogens with zero attached hydrogens (tertiary/aromatic N) is 1. The molecule has 1 aliphatic heterocycles. The average Bonchev–Trinajstić information content (AvgIpc) is 2.76. The second-order valence-electron chi connectivity index (χ2n) is 4.24. The molecule has 0 bridgehead atoms. The molecule has 3 heteroatoms. The molecular weight excluding hydrogens is 202 g/mol. The van der Waals surface area contributed by atoms with Crippen molar-refractivity contribution < 1.29 is 9.84 Å². The number of ether oxygens (including phenoxy) is 1. The van der Waals surface area contributed by atoms with Crippen molar-refractivity contribution in [2.75, 3.05) is 26.2 Å². The van der Waals surface area contributed by atoms with Crippen LogP contribution in [-0.4, -0.2) is 36.2 Å². The summed E-state index contributed by atoms with van der Waals surface area (Å²) in [5, 5.41) is 9.33. The van der Waals surface area contributed by atoms with Crippen molar-refractivity contribution in [2.45, 2.75) is 19.8 Å². The lowest BCUT2D eigenvalue weighted by atomic mass is 10.2. The molecule has 0 aromatic heterocycles. The standard InChI is InChI=1S/C13H18NO2/c1-11-4-5-12(15)10-13(11)16-9-8-14-6-2-3-7-14/h5,10,15H,2-3,6-9H2,1H3. The third-order valence-corrected chi connectivity index (χ3v) is 2.95. The van der Waals surface area contributed by atoms with Gasteiger partial charge in [0.15, 0.2) is 0 Å². The predicted octanol–water partition coefficient (Wildman–Crippen LogP) is 1.98. The van der Waals surface area contributed by atoms with Crippen LogP contribution in [0, 0.1) is 13.0 Å². The van der Waals surface area contributed by atoms with E-state index in [0.29, 0.717) is 6.61 Å². The maximum atomic E-state index is 9.33. The third kappa shape index (κ3) is 2.89. The zero-order chi connectivity index (χ0) is 11.4. The largest absolute Gasteiger partial charge is 0.508 e. The van der Waals surface area contributed by atoms with E-state index in [-0.39, 0.29) is 5.75 Å². The summed E-state index contributed by atoms with van der Waals surface area (Å²) in [6.45, 7) is 5.96. The number of benzene rings is 1. The van der Waals surface area contributed by atoms with Crippen molar-refractivity contribution in [2.24, 2.45) is 0 Å². The van der Waals surface area contributed by atoms with Gasteiger partial charge in [-0.2, -0.15) is 0 Å². The Morgan fingerprint density at radius 1 is 1.44 bits per heavy atom. The van der Waals surface area contributed by atoms with Crippen molar-refractivity contribution in [1.29, 1.82) is 0 Å². The molecule has 0 saturated carbocycles. The zero-order valence-corrected chi connectivity index (χ0v) is 9.70. The van der Waals surface area contributed by atoms with Crippen LogP contribution in [0.2, 0.25) is 0 Å². The molecule has 0 spiro atoms. The van der Waals surface area contributed by atoms with Crippen LogP contribution in [0.3, 0.4) is 0 Å². The number of phenolic OH excluding ortho intramolecular Hbond substituents is 1. The Labute approximate surface area is 96.6 Å². The van der Waals surface area contributed by atoms with E-state index < -0.39 is 0 Å². The van der Waals surface area contributed by atoms with Gasteiger partial charge in [-0.25, -0.2) is 0 Å². The Balaban J connectivity index is 1.82. The van der Waals surface area contributed by atoms with Crippen LogP contribution >= 0.6 is 0 Å². The van der Waals surface area contributed by atoms with Crippen LogP contribution in [0.4, 0.5) is 0 Å². The van der Waals surface area contributed by atoms with Crippen LogP contribution in [0.25, 0.3) is 0 Å². The molecule has 0 amide bonds. The van der Waals surface area contributed by atoms with Gasteiger partial charge >= 0.3 is 0 Å². The lowest BCUT2D eigenvalue weighted by Crippen LogP contribution is -2.25. The fourth-order valence-electron chi connectivity index (χ4n) is 1.98. The summed E-state index contributed by atoms with van der Waals surface area (Å²) < 4.78 is 5.65. The normalized spacial score (nSPS) is 16.6. The Bertz CT molecular complexity index is 346. The molecule has 1 saturated heterocycles. The highest BCUT2D eigenvalue weighted by molar-refractivity contribution is 5.38. The maximum absolute atomic E-state index is 9.33. The van der Waals surface area contributed by atoms with Crippen molar-refractivity contribution in [1.82, 2.24) is 4.90 Å². The minimum Gasteiger partial charge on any atom is -0.508 e. The lowest BCUT2D eigenvalue weighted by Gasteiger charge is -2.15. The fraction of sp³-hybridized carbons (Fsp3) is 0.538. The molecule has 1 heterocycles. The van der Waals surface area contributed by atoms with Gasteiger partial charge in [-0.15, -0.1) is 0 Å². The molecule has 0 unspecified atom stereocenters. The van der Waals surface area contributed by atoms with E-state index in [9.17, 15) is 5.11 Å². The first-order valence-electron chi connectivity index (χ1n) is 5.82. The van der Waals surface area contributed by atoms with E-state index in [4.69, 9.17) is 4.74 Å². The van der Waals surface area contributed by atoms with E-state index in [1.165, 1.54) is 25.9 Å². The van der Waals surface area contributed by atoms with Crippen molar-refractivity contribution in [3.05, 3.63) is 23.8 Å². The first kappa shape index (κ1) is 11.3. The molecule has 1 N–H and O–H groups in total. The molecule has 1 radical (unpaired) electrons. The average molecular weight is 220 g/mol. The van der Waals surface area contributed by atoms with Gasteiger partial charge in [0, 0.05) is 12.6 Å². The van der Waals surface area contributed by atoms with E-state index in [1.807, 2.05) is 6.92 Å². The number of phenols is 1. The highest BCUT2D eigenvalue weighted by Crippen LogP contribution is 2.22. The smallest absolute Gasteiger partial charge is 0.126 e. The first-order valence-corrected chi connectivity index (χ1v) is 5.82. The van der Waals surface area contributed by atoms with Crippen molar-refractivity contribution in [3.63, 3.8) is 0 Å². The van der Waals surface area contributed by atoms with Gasteiger partial charge in [-0.3, -0.25) is 4.90 Å². The number of rotatable bonds is 4. The maximum Gasteiger partial charge on any atom is 0.126 e. The highest BCUT2D eigenvalue weighted by atomic mass is 16.5. The minimum atomic E-state index is 0.210. The van der Waals surface area contributed by atoms with E-state index >= 15 is 0 Å². The van der Waals surface area contributed by atoms with Gasteiger partial charge in [-0.1, -0.05) is 0 Å². The summed E-state index contributed by atoms with van der Waals surface area (Å²) >= 11 is 0. The van der Waals surface area contributed by atoms with Gasteiger partial charge in [0.1, 0.15) is 18.1 Å². The van der Waals surface area contributed by atoms with Gasteiger partial charge < -0.3 is 9.84 Å². The second kappa shape index (κ2) is 5.21. The highest BCUT2D eigenvalue weighted by Gasteiger charge is 2.11. The summed E-state index contributed by atoms with van der Waals surface area (Å²) in [6, 6.07) is 6.16. The quantitative estimate of drug-likeness (QED) is 0.842. The first-order chi connectivity index (χ1) is 7.75. The number of aryl methyl sites for hydroxylation is 1. The minimum absolute atomic E-state index is 0.210. The number of aromatic hydroxyl groups is 1. The summed E-state index contributed by atoms with van der Waals surface area (Å²) in [7, 11) is 0. The zero-order valence-electron chi connectivity index (χ0n) is 9.70. The van der Waals surface area contributed by atoms with Crippen molar-refractivity contribution >= 4 is 0 Å². The molecule has 1 aromatic carbocycles. The number of likely N-dealkylation sites (tertiary alicyclic amines) is 1. The molecule has 0 aliphatic carbocycles. The van der Waals surface area contributed by atoms with Crippen LogP contribution in [0.1, 0.15) is 18.4 Å². The molecular formula is C13H18NO2. The molecule has 3 nitrogen and oxygen atoms in total. The lowest BCUT2D eigenvalue weighted by molar-refractivity contribution is 0.236. The Morgan fingerprint density at radius 2 is 2.19 bits per heavy atom. The van der Waals surface area contributed by atoms with E-state index in [0.717, 1.165) is 17.9 Å². The molecule has 1 fully saturated rings. The second-order valence-corrected chi connectivity index (χ2v) is 4.24. The summed E-state index contributed by atoms with van der Waals surface area (Å²) in [5.41, 5.74) is 0.944. The predicted molar refractivity (Wildman–Crippen MR) is 62.8 cm³/mol. The van der Waals surface area contributed by atoms with Gasteiger partial charge in [0.25, 0.3) is 0 Å². The molecule has 16 heavy (non-hydrogen) atoms. The molecule has 1 aliphatic rings. The molecule has 0 atom stereocenters. The van der Waals surface area contributed by atoms with E-state index in [1.54, 1.807) is 12.1 Å². The fourth-order valence-corrected chi connectivity index (χ4v) is 1.98. The Morgan fingerprint density at radius 3 is 2.94 bits per heavy atom. The molecule has 2 rings (SSSR count). The summed E-state index contributed by atoms with van der Waals surface area (Å²) in [6.07, 6.45) is 2.61. The van der Waals surface area contributed by atoms with E-state index in [2.05, 4.69) is 11.0 Å². The molecule has 87 valence electrons. The van der Waals surface area contributed by atoms with Crippen LogP contribution in [-0.2, 0) is 0 Å².